The van der Waals surface area contributed by atoms with Gasteiger partial charge in [0.05, 0.1) is 43.7 Å². The summed E-state index contributed by atoms with van der Waals surface area (Å²) >= 11 is 0. The predicted octanol–water partition coefficient (Wildman–Crippen LogP) is 3.38. The fourth-order valence-electron chi connectivity index (χ4n) is 4.57. The first-order valence-corrected chi connectivity index (χ1v) is 10.7. The van der Waals surface area contributed by atoms with Crippen LogP contribution in [0.3, 0.4) is 0 Å². The van der Waals surface area contributed by atoms with Crippen molar-refractivity contribution in [2.24, 2.45) is 11.1 Å². The van der Waals surface area contributed by atoms with Crippen molar-refractivity contribution in [3.63, 3.8) is 0 Å². The van der Waals surface area contributed by atoms with Gasteiger partial charge in [-0.3, -0.25) is 15.0 Å². The van der Waals surface area contributed by atoms with Gasteiger partial charge in [0.1, 0.15) is 17.3 Å². The zero-order valence-electron chi connectivity index (χ0n) is 19.5. The topological polar surface area (TPSA) is 131 Å². The summed E-state index contributed by atoms with van der Waals surface area (Å²) in [6, 6.07) is 10.5. The van der Waals surface area contributed by atoms with Crippen LogP contribution in [-0.4, -0.2) is 30.9 Å². The number of nitrogens with one attached hydrogen (secondary N) is 1. The van der Waals surface area contributed by atoms with E-state index >= 15 is 0 Å². The summed E-state index contributed by atoms with van der Waals surface area (Å²) in [7, 11) is 3.05. The number of nitriles is 1. The molecule has 0 bridgehead atoms. The van der Waals surface area contributed by atoms with Crippen molar-refractivity contribution in [3.05, 3.63) is 70.6 Å². The number of ketones is 1. The van der Waals surface area contributed by atoms with Crippen molar-refractivity contribution < 1.29 is 23.5 Å². The summed E-state index contributed by atoms with van der Waals surface area (Å²) in [6.45, 7) is 3.95. The van der Waals surface area contributed by atoms with Crippen LogP contribution in [0.25, 0.3) is 0 Å². The van der Waals surface area contributed by atoms with Crippen LogP contribution in [-0.2, 0) is 4.79 Å². The van der Waals surface area contributed by atoms with Gasteiger partial charge in [0, 0.05) is 23.6 Å². The first-order valence-electron chi connectivity index (χ1n) is 10.7. The molecule has 9 heteroatoms. The lowest BCUT2D eigenvalue weighted by atomic mass is 9.69. The summed E-state index contributed by atoms with van der Waals surface area (Å²) in [5, 5.41) is 11.5. The highest BCUT2D eigenvalue weighted by molar-refractivity contribution is 6.01. The maximum absolute atomic E-state index is 13.5. The first kappa shape index (κ1) is 23.0. The third kappa shape index (κ3) is 3.88. The summed E-state index contributed by atoms with van der Waals surface area (Å²) < 4.78 is 16.1. The minimum Gasteiger partial charge on any atom is -0.497 e. The number of furan rings is 1. The molecule has 0 spiro atoms. The number of amides is 1. The highest BCUT2D eigenvalue weighted by atomic mass is 16.5. The monoisotopic (exact) mass is 462 g/mol. The molecule has 34 heavy (non-hydrogen) atoms. The summed E-state index contributed by atoms with van der Waals surface area (Å²) in [5.74, 6) is -0.267. The maximum Gasteiger partial charge on any atom is 0.305 e. The van der Waals surface area contributed by atoms with Gasteiger partial charge in [-0.2, -0.15) is 5.26 Å². The summed E-state index contributed by atoms with van der Waals surface area (Å²) in [4.78, 5) is 26.3. The van der Waals surface area contributed by atoms with E-state index in [9.17, 15) is 14.9 Å². The number of nitrogens with zero attached hydrogens (tertiary/aromatic N) is 2. The number of rotatable bonds is 5. The van der Waals surface area contributed by atoms with E-state index in [0.29, 0.717) is 41.2 Å². The van der Waals surface area contributed by atoms with Crippen LogP contribution in [0.2, 0.25) is 0 Å². The SMILES string of the molecule is COc1ccc(C2C(C#N)=C(N)N(NC(=O)c3ccco3)C3=C2C(=O)CC(C)(C)C3)c(OC)c1. The van der Waals surface area contributed by atoms with Crippen molar-refractivity contribution in [3.8, 4) is 17.6 Å². The van der Waals surface area contributed by atoms with Crippen LogP contribution >= 0.6 is 0 Å². The van der Waals surface area contributed by atoms with Gasteiger partial charge in [-0.25, -0.2) is 5.01 Å². The largest absolute Gasteiger partial charge is 0.497 e. The smallest absolute Gasteiger partial charge is 0.305 e. The van der Waals surface area contributed by atoms with Crippen molar-refractivity contribution in [2.45, 2.75) is 32.6 Å². The second kappa shape index (κ2) is 8.63. The molecule has 9 nitrogen and oxygen atoms in total. The Balaban J connectivity index is 1.91. The summed E-state index contributed by atoms with van der Waals surface area (Å²) in [6.07, 6.45) is 2.13. The van der Waals surface area contributed by atoms with Gasteiger partial charge in [-0.05, 0) is 30.0 Å². The van der Waals surface area contributed by atoms with Crippen LogP contribution < -0.4 is 20.6 Å². The number of methoxy groups -OCH3 is 2. The molecular formula is C25H26N4O5. The van der Waals surface area contributed by atoms with Gasteiger partial charge in [-0.1, -0.05) is 19.9 Å². The van der Waals surface area contributed by atoms with Crippen LogP contribution in [0.5, 0.6) is 11.5 Å². The second-order valence-electron chi connectivity index (χ2n) is 9.01. The lowest BCUT2D eigenvalue weighted by molar-refractivity contribution is -0.118. The van der Waals surface area contributed by atoms with Crippen LogP contribution in [0, 0.1) is 16.7 Å². The molecule has 1 unspecified atom stereocenters. The minimum absolute atomic E-state index is 0.0366. The number of hydrazine groups is 1. The molecule has 1 amide bonds. The molecule has 1 atom stereocenters. The fraction of sp³-hybridized carbons (Fsp3) is 0.320. The molecule has 1 aliphatic heterocycles. The normalized spacial score (nSPS) is 19.4. The average molecular weight is 463 g/mol. The van der Waals surface area contributed by atoms with Gasteiger partial charge >= 0.3 is 5.91 Å². The molecule has 0 saturated carbocycles. The first-order chi connectivity index (χ1) is 16.2. The van der Waals surface area contributed by atoms with E-state index in [-0.39, 0.29) is 28.4 Å². The van der Waals surface area contributed by atoms with E-state index < -0.39 is 11.8 Å². The molecule has 2 aliphatic rings. The predicted molar refractivity (Wildman–Crippen MR) is 122 cm³/mol. The zero-order valence-corrected chi connectivity index (χ0v) is 19.5. The number of benzene rings is 1. The van der Waals surface area contributed by atoms with Gasteiger partial charge < -0.3 is 19.6 Å². The Labute approximate surface area is 197 Å². The van der Waals surface area contributed by atoms with E-state index in [1.807, 2.05) is 13.8 Å². The average Bonchev–Trinajstić information content (AvgIpc) is 3.34. The molecule has 0 radical (unpaired) electrons. The molecule has 1 aromatic carbocycles. The lowest BCUT2D eigenvalue weighted by Crippen LogP contribution is -2.49. The van der Waals surface area contributed by atoms with Crippen LogP contribution in [0.1, 0.15) is 48.7 Å². The third-order valence-corrected chi connectivity index (χ3v) is 6.09. The number of Topliss-reactive ketones (excluding diaryl/α,β-unsaturated/α-hetero) is 1. The number of hydrogen-bond acceptors (Lipinski definition) is 8. The molecule has 3 N–H and O–H groups in total. The highest BCUT2D eigenvalue weighted by Crippen LogP contribution is 2.50. The van der Waals surface area contributed by atoms with E-state index in [0.717, 1.165) is 0 Å². The fourth-order valence-corrected chi connectivity index (χ4v) is 4.57. The van der Waals surface area contributed by atoms with Gasteiger partial charge in [0.25, 0.3) is 0 Å². The van der Waals surface area contributed by atoms with Gasteiger partial charge in [0.15, 0.2) is 11.5 Å². The van der Waals surface area contributed by atoms with Crippen LogP contribution in [0.4, 0.5) is 0 Å². The Morgan fingerprint density at radius 3 is 2.65 bits per heavy atom. The number of nitrogens with two attached hydrogens (primary N) is 1. The second-order valence-corrected chi connectivity index (χ2v) is 9.01. The summed E-state index contributed by atoms with van der Waals surface area (Å²) in [5.41, 5.74) is 10.5. The molecular weight excluding hydrogens is 436 g/mol. The quantitative estimate of drug-likeness (QED) is 0.691. The van der Waals surface area contributed by atoms with E-state index in [1.54, 1.807) is 31.4 Å². The standard InChI is InChI=1S/C25H26N4O5/c1-25(2)11-17-22(18(30)12-25)21(15-8-7-14(32-3)10-20(15)33-4)16(13-26)23(27)29(17)28-24(31)19-6-5-9-34-19/h5-10,21H,11-12,27H2,1-4H3,(H,28,31). The molecule has 0 fully saturated rings. The van der Waals surface area contributed by atoms with E-state index in [4.69, 9.17) is 19.6 Å². The van der Waals surface area contributed by atoms with E-state index in [1.165, 1.54) is 24.4 Å². The maximum atomic E-state index is 13.5. The molecule has 1 aromatic heterocycles. The number of carbonyl (C=O) groups is 2. The van der Waals surface area contributed by atoms with Gasteiger partial charge in [-0.15, -0.1) is 0 Å². The Bertz CT molecular complexity index is 1250. The van der Waals surface area contributed by atoms with Crippen molar-refractivity contribution in [2.75, 3.05) is 14.2 Å². The molecule has 176 valence electrons. The molecule has 1 aliphatic carbocycles. The zero-order chi connectivity index (χ0) is 24.6. The third-order valence-electron chi connectivity index (χ3n) is 6.09. The number of ether oxygens (including phenoxy) is 2. The number of allylic oxidation sites excluding steroid dienone is 3. The number of hydrogen-bond donors (Lipinski definition) is 2. The minimum atomic E-state index is -0.749. The Kier molecular flexibility index (Phi) is 5.83. The van der Waals surface area contributed by atoms with Crippen molar-refractivity contribution in [1.29, 1.82) is 5.26 Å². The Hall–Kier alpha value is -4.19. The molecule has 4 rings (SSSR count). The van der Waals surface area contributed by atoms with Crippen molar-refractivity contribution in [1.82, 2.24) is 10.4 Å². The van der Waals surface area contributed by atoms with Gasteiger partial charge in [0.2, 0.25) is 0 Å². The van der Waals surface area contributed by atoms with Crippen molar-refractivity contribution >= 4 is 11.7 Å². The molecule has 2 heterocycles. The van der Waals surface area contributed by atoms with Crippen LogP contribution in [0.15, 0.2) is 63.7 Å². The number of carbonyl (C=O) groups excluding carboxylic acids is 2. The molecule has 0 saturated heterocycles. The Morgan fingerprint density at radius 1 is 1.26 bits per heavy atom. The van der Waals surface area contributed by atoms with E-state index in [2.05, 4.69) is 11.5 Å². The Morgan fingerprint density at radius 2 is 2.03 bits per heavy atom. The molecule has 2 aromatic rings. The lowest BCUT2D eigenvalue weighted by Gasteiger charge is -2.43. The highest BCUT2D eigenvalue weighted by Gasteiger charge is 2.45.